The van der Waals surface area contributed by atoms with E-state index in [1.54, 1.807) is 0 Å². The Bertz CT molecular complexity index is 257. The molecular weight excluding hydrogens is 212 g/mol. The van der Waals surface area contributed by atoms with E-state index in [1.165, 1.54) is 26.2 Å². The lowest BCUT2D eigenvalue weighted by Crippen LogP contribution is -2.49. The summed E-state index contributed by atoms with van der Waals surface area (Å²) >= 11 is 0. The summed E-state index contributed by atoms with van der Waals surface area (Å²) < 4.78 is 0. The fourth-order valence-corrected chi connectivity index (χ4v) is 3.03. The van der Waals surface area contributed by atoms with Gasteiger partial charge >= 0.3 is 0 Å². The average Bonchev–Trinajstić information content (AvgIpc) is 2.73. The lowest BCUT2D eigenvalue weighted by atomic mass is 10.0. The average molecular weight is 238 g/mol. The predicted octanol–water partition coefficient (Wildman–Crippen LogP) is 1.77. The fraction of sp³-hybridized carbons (Fsp3) is 0.929. The van der Waals surface area contributed by atoms with E-state index < -0.39 is 0 Å². The van der Waals surface area contributed by atoms with Gasteiger partial charge in [-0.1, -0.05) is 0 Å². The van der Waals surface area contributed by atoms with Crippen LogP contribution in [0.3, 0.4) is 0 Å². The van der Waals surface area contributed by atoms with Crippen LogP contribution in [0.4, 0.5) is 0 Å². The Labute approximate surface area is 105 Å². The first-order chi connectivity index (χ1) is 8.16. The minimum absolute atomic E-state index is 0.387. The number of Topliss-reactive ketones (excluding diaryl/α,β-unsaturated/α-hetero) is 1. The van der Waals surface area contributed by atoms with Crippen LogP contribution in [-0.2, 0) is 4.79 Å². The maximum Gasteiger partial charge on any atom is 0.136 e. The van der Waals surface area contributed by atoms with Gasteiger partial charge in [0.25, 0.3) is 0 Å². The smallest absolute Gasteiger partial charge is 0.136 e. The standard InChI is InChI=1S/C14H26N2O/c1-12(2)16-10-8-15(9-11-16)7-6-13-4-3-5-14(13)17/h12-13H,3-11H2,1-2H3. The number of nitrogens with zero attached hydrogens (tertiary/aromatic N) is 2. The molecule has 1 aliphatic heterocycles. The van der Waals surface area contributed by atoms with Crippen LogP contribution in [0.5, 0.6) is 0 Å². The van der Waals surface area contributed by atoms with Crippen molar-refractivity contribution in [2.45, 2.75) is 45.6 Å². The second kappa shape index (κ2) is 5.96. The van der Waals surface area contributed by atoms with Gasteiger partial charge in [0, 0.05) is 44.6 Å². The van der Waals surface area contributed by atoms with Crippen LogP contribution >= 0.6 is 0 Å². The van der Waals surface area contributed by atoms with Crippen molar-refractivity contribution in [2.24, 2.45) is 5.92 Å². The second-order valence-electron chi connectivity index (χ2n) is 5.82. The third kappa shape index (κ3) is 3.52. The molecule has 3 heteroatoms. The lowest BCUT2D eigenvalue weighted by molar-refractivity contribution is -0.120. The van der Waals surface area contributed by atoms with Gasteiger partial charge in [0.05, 0.1) is 0 Å². The molecule has 0 N–H and O–H groups in total. The molecule has 1 aliphatic carbocycles. The van der Waals surface area contributed by atoms with Crippen LogP contribution in [-0.4, -0.2) is 54.3 Å². The van der Waals surface area contributed by atoms with Crippen molar-refractivity contribution in [3.8, 4) is 0 Å². The van der Waals surface area contributed by atoms with Gasteiger partial charge in [-0.3, -0.25) is 9.69 Å². The first-order valence-corrected chi connectivity index (χ1v) is 7.16. The van der Waals surface area contributed by atoms with Crippen LogP contribution in [0, 0.1) is 5.92 Å². The zero-order valence-corrected chi connectivity index (χ0v) is 11.3. The van der Waals surface area contributed by atoms with E-state index in [-0.39, 0.29) is 0 Å². The summed E-state index contributed by atoms with van der Waals surface area (Å²) in [5.41, 5.74) is 0. The lowest BCUT2D eigenvalue weighted by Gasteiger charge is -2.37. The minimum atomic E-state index is 0.387. The number of rotatable bonds is 4. The van der Waals surface area contributed by atoms with Gasteiger partial charge in [0.2, 0.25) is 0 Å². The monoisotopic (exact) mass is 238 g/mol. The normalized spacial score (nSPS) is 28.2. The first-order valence-electron chi connectivity index (χ1n) is 7.16. The number of piperazine rings is 1. The highest BCUT2D eigenvalue weighted by Gasteiger charge is 2.25. The molecule has 0 spiro atoms. The topological polar surface area (TPSA) is 23.6 Å². The zero-order valence-electron chi connectivity index (χ0n) is 11.3. The van der Waals surface area contributed by atoms with E-state index in [1.807, 2.05) is 0 Å². The third-order valence-corrected chi connectivity index (χ3v) is 4.36. The van der Waals surface area contributed by atoms with Crippen LogP contribution in [0.25, 0.3) is 0 Å². The third-order valence-electron chi connectivity index (χ3n) is 4.36. The van der Waals surface area contributed by atoms with Crippen molar-refractivity contribution in [1.29, 1.82) is 0 Å². The molecule has 2 rings (SSSR count). The molecule has 98 valence electrons. The quantitative estimate of drug-likeness (QED) is 0.746. The van der Waals surface area contributed by atoms with E-state index in [2.05, 4.69) is 23.6 Å². The van der Waals surface area contributed by atoms with Gasteiger partial charge in [0.1, 0.15) is 5.78 Å². The minimum Gasteiger partial charge on any atom is -0.301 e. The maximum absolute atomic E-state index is 11.6. The van der Waals surface area contributed by atoms with Crippen molar-refractivity contribution in [2.75, 3.05) is 32.7 Å². The van der Waals surface area contributed by atoms with Crippen LogP contribution < -0.4 is 0 Å². The number of carbonyl (C=O) groups excluding carboxylic acids is 1. The summed E-state index contributed by atoms with van der Waals surface area (Å²) in [6.45, 7) is 10.4. The van der Waals surface area contributed by atoms with Gasteiger partial charge in [-0.15, -0.1) is 0 Å². The zero-order chi connectivity index (χ0) is 12.3. The molecule has 1 saturated heterocycles. The van der Waals surface area contributed by atoms with E-state index in [9.17, 15) is 4.79 Å². The Morgan fingerprint density at radius 2 is 1.94 bits per heavy atom. The van der Waals surface area contributed by atoms with Gasteiger partial charge in [-0.05, 0) is 39.7 Å². The van der Waals surface area contributed by atoms with Crippen molar-refractivity contribution in [3.63, 3.8) is 0 Å². The molecule has 2 fully saturated rings. The second-order valence-corrected chi connectivity index (χ2v) is 5.82. The Kier molecular flexibility index (Phi) is 4.57. The Morgan fingerprint density at radius 1 is 1.24 bits per heavy atom. The summed E-state index contributed by atoms with van der Waals surface area (Å²) in [6.07, 6.45) is 4.21. The van der Waals surface area contributed by atoms with E-state index in [0.717, 1.165) is 32.2 Å². The van der Waals surface area contributed by atoms with Crippen LogP contribution in [0.15, 0.2) is 0 Å². The molecule has 1 saturated carbocycles. The Balaban J connectivity index is 1.66. The maximum atomic E-state index is 11.6. The molecule has 0 aromatic rings. The summed E-state index contributed by atoms with van der Waals surface area (Å²) in [7, 11) is 0. The number of hydrogen-bond donors (Lipinski definition) is 0. The largest absolute Gasteiger partial charge is 0.301 e. The molecule has 0 amide bonds. The number of hydrogen-bond acceptors (Lipinski definition) is 3. The molecule has 1 heterocycles. The van der Waals surface area contributed by atoms with E-state index in [0.29, 0.717) is 17.7 Å². The molecule has 0 radical (unpaired) electrons. The molecule has 0 aromatic heterocycles. The summed E-state index contributed by atoms with van der Waals surface area (Å²) in [5, 5.41) is 0. The summed E-state index contributed by atoms with van der Waals surface area (Å²) in [5.74, 6) is 0.906. The van der Waals surface area contributed by atoms with Crippen LogP contribution in [0.1, 0.15) is 39.5 Å². The molecule has 1 atom stereocenters. The highest BCUT2D eigenvalue weighted by Crippen LogP contribution is 2.24. The van der Waals surface area contributed by atoms with E-state index >= 15 is 0 Å². The summed E-state index contributed by atoms with van der Waals surface area (Å²) in [4.78, 5) is 16.6. The molecule has 3 nitrogen and oxygen atoms in total. The highest BCUT2D eigenvalue weighted by atomic mass is 16.1. The van der Waals surface area contributed by atoms with Crippen molar-refractivity contribution < 1.29 is 4.79 Å². The van der Waals surface area contributed by atoms with Gasteiger partial charge < -0.3 is 4.90 Å². The Hall–Kier alpha value is -0.410. The molecule has 0 bridgehead atoms. The molecule has 1 unspecified atom stereocenters. The number of ketones is 1. The predicted molar refractivity (Wildman–Crippen MR) is 70.1 cm³/mol. The summed E-state index contributed by atoms with van der Waals surface area (Å²) in [6, 6.07) is 0.675. The van der Waals surface area contributed by atoms with Crippen molar-refractivity contribution in [1.82, 2.24) is 9.80 Å². The van der Waals surface area contributed by atoms with E-state index in [4.69, 9.17) is 0 Å². The van der Waals surface area contributed by atoms with Gasteiger partial charge in [-0.2, -0.15) is 0 Å². The van der Waals surface area contributed by atoms with Gasteiger partial charge in [-0.25, -0.2) is 0 Å². The highest BCUT2D eigenvalue weighted by molar-refractivity contribution is 5.82. The van der Waals surface area contributed by atoms with Gasteiger partial charge in [0.15, 0.2) is 0 Å². The molecule has 2 aliphatic rings. The van der Waals surface area contributed by atoms with Crippen LogP contribution in [0.2, 0.25) is 0 Å². The molecule has 0 aromatic carbocycles. The number of carbonyl (C=O) groups is 1. The Morgan fingerprint density at radius 3 is 2.47 bits per heavy atom. The fourth-order valence-electron chi connectivity index (χ4n) is 3.03. The molecular formula is C14H26N2O. The van der Waals surface area contributed by atoms with Crippen molar-refractivity contribution >= 4 is 5.78 Å². The van der Waals surface area contributed by atoms with Crippen molar-refractivity contribution in [3.05, 3.63) is 0 Å². The molecule has 17 heavy (non-hydrogen) atoms. The SMILES string of the molecule is CC(C)N1CCN(CCC2CCCC2=O)CC1. The first kappa shape index (κ1) is 13.0.